The van der Waals surface area contributed by atoms with Crippen LogP contribution >= 0.6 is 0 Å². The van der Waals surface area contributed by atoms with Gasteiger partial charge in [-0.05, 0) is 24.6 Å². The van der Waals surface area contributed by atoms with Crippen LogP contribution in [0.2, 0.25) is 0 Å². The van der Waals surface area contributed by atoms with Gasteiger partial charge in [-0.2, -0.15) is 0 Å². The van der Waals surface area contributed by atoms with Crippen LogP contribution in [0.3, 0.4) is 0 Å². The van der Waals surface area contributed by atoms with Crippen LogP contribution in [0, 0.1) is 11.6 Å². The minimum atomic E-state index is -0.855. The summed E-state index contributed by atoms with van der Waals surface area (Å²) in [5.74, 6) is -2.09. The van der Waals surface area contributed by atoms with Crippen molar-refractivity contribution in [3.8, 4) is 5.75 Å². The third kappa shape index (κ3) is 6.79. The highest BCUT2D eigenvalue weighted by atomic mass is 19.1. The Kier molecular flexibility index (Phi) is 7.74. The smallest absolute Gasteiger partial charge is 0.407 e. The number of alkyl carbamates (subject to hydrolysis) is 1. The summed E-state index contributed by atoms with van der Waals surface area (Å²) in [6.07, 6.45) is -0.608. The average molecular weight is 445 g/mol. The normalized spacial score (nSPS) is 11.5. The summed E-state index contributed by atoms with van der Waals surface area (Å²) in [5, 5.41) is 8.86. The molecule has 0 aliphatic rings. The molecule has 0 radical (unpaired) electrons. The Labute approximate surface area is 182 Å². The number of ether oxygens (including phenoxy) is 2. The van der Waals surface area contributed by atoms with Gasteiger partial charge in [0.25, 0.3) is 5.91 Å². The molecule has 0 fully saturated rings. The second-order valence-corrected chi connectivity index (χ2v) is 6.86. The van der Waals surface area contributed by atoms with E-state index < -0.39 is 29.7 Å². The third-order valence-corrected chi connectivity index (χ3v) is 4.20. The second kappa shape index (κ2) is 10.9. The van der Waals surface area contributed by atoms with Crippen molar-refractivity contribution in [2.45, 2.75) is 26.2 Å². The Hall–Kier alpha value is -3.95. The number of amides is 2. The fraction of sp³-hybridized carbons (Fsp3) is 0.227. The third-order valence-electron chi connectivity index (χ3n) is 4.20. The maximum absolute atomic E-state index is 13.6. The number of carbonyl (C=O) groups is 2. The maximum Gasteiger partial charge on any atom is 0.407 e. The molecule has 1 atom stereocenters. The number of carbonyl (C=O) groups excluding carboxylic acids is 2. The number of benzene rings is 2. The molecular weight excluding hydrogens is 424 g/mol. The van der Waals surface area contributed by atoms with Gasteiger partial charge in [0.05, 0.1) is 0 Å². The lowest BCUT2D eigenvalue weighted by Gasteiger charge is -2.14. The SMILES string of the molecule is C[C@H](CNC(=O)OCc1ccccc1)NC(=O)c1cc(COc2ccc(F)cc2F)on1. The minimum absolute atomic E-state index is 0.0123. The van der Waals surface area contributed by atoms with Gasteiger partial charge in [-0.25, -0.2) is 13.6 Å². The predicted molar refractivity (Wildman–Crippen MR) is 109 cm³/mol. The molecule has 1 aromatic heterocycles. The number of hydrogen-bond acceptors (Lipinski definition) is 6. The van der Waals surface area contributed by atoms with Crippen molar-refractivity contribution in [3.05, 3.63) is 83.2 Å². The van der Waals surface area contributed by atoms with Gasteiger partial charge in [0, 0.05) is 24.7 Å². The van der Waals surface area contributed by atoms with Crippen LogP contribution in [0.5, 0.6) is 5.75 Å². The van der Waals surface area contributed by atoms with Gasteiger partial charge >= 0.3 is 6.09 Å². The van der Waals surface area contributed by atoms with Gasteiger partial charge in [-0.3, -0.25) is 4.79 Å². The number of nitrogens with zero attached hydrogens (tertiary/aromatic N) is 1. The molecule has 1 heterocycles. The molecule has 0 saturated carbocycles. The summed E-state index contributed by atoms with van der Waals surface area (Å²) >= 11 is 0. The Morgan fingerprint density at radius 2 is 1.88 bits per heavy atom. The van der Waals surface area contributed by atoms with Crippen LogP contribution < -0.4 is 15.4 Å². The van der Waals surface area contributed by atoms with Crippen molar-refractivity contribution in [2.24, 2.45) is 0 Å². The van der Waals surface area contributed by atoms with Gasteiger partial charge in [-0.15, -0.1) is 0 Å². The molecule has 0 spiro atoms. The molecule has 168 valence electrons. The molecule has 2 amide bonds. The molecule has 32 heavy (non-hydrogen) atoms. The summed E-state index contributed by atoms with van der Waals surface area (Å²) in [7, 11) is 0. The van der Waals surface area contributed by atoms with Crippen molar-refractivity contribution < 1.29 is 32.4 Å². The fourth-order valence-corrected chi connectivity index (χ4v) is 2.59. The number of hydrogen-bond donors (Lipinski definition) is 2. The molecule has 0 saturated heterocycles. The van der Waals surface area contributed by atoms with E-state index in [-0.39, 0.29) is 37.0 Å². The average Bonchev–Trinajstić information content (AvgIpc) is 3.26. The van der Waals surface area contributed by atoms with Gasteiger partial charge in [0.1, 0.15) is 19.0 Å². The molecule has 0 aliphatic carbocycles. The molecule has 2 aromatic carbocycles. The van der Waals surface area contributed by atoms with E-state index in [9.17, 15) is 18.4 Å². The van der Waals surface area contributed by atoms with E-state index in [2.05, 4.69) is 15.8 Å². The Balaban J connectivity index is 1.40. The van der Waals surface area contributed by atoms with Crippen LogP contribution in [-0.2, 0) is 18.0 Å². The molecule has 2 N–H and O–H groups in total. The fourth-order valence-electron chi connectivity index (χ4n) is 2.59. The van der Waals surface area contributed by atoms with E-state index in [4.69, 9.17) is 14.0 Å². The zero-order chi connectivity index (χ0) is 22.9. The van der Waals surface area contributed by atoms with Crippen LogP contribution in [-0.4, -0.2) is 29.7 Å². The van der Waals surface area contributed by atoms with Crippen LogP contribution in [0.25, 0.3) is 0 Å². The predicted octanol–water partition coefficient (Wildman–Crippen LogP) is 3.58. The first-order valence-electron chi connectivity index (χ1n) is 9.69. The van der Waals surface area contributed by atoms with E-state index in [1.54, 1.807) is 6.92 Å². The largest absolute Gasteiger partial charge is 0.482 e. The zero-order valence-electron chi connectivity index (χ0n) is 17.1. The van der Waals surface area contributed by atoms with E-state index >= 15 is 0 Å². The van der Waals surface area contributed by atoms with E-state index in [0.29, 0.717) is 6.07 Å². The maximum atomic E-state index is 13.6. The minimum Gasteiger partial charge on any atom is -0.482 e. The number of halogens is 2. The number of aromatic nitrogens is 1. The molecule has 3 rings (SSSR count). The molecule has 8 nitrogen and oxygen atoms in total. The van der Waals surface area contributed by atoms with Gasteiger partial charge in [-0.1, -0.05) is 35.5 Å². The first-order valence-corrected chi connectivity index (χ1v) is 9.69. The molecular formula is C22H21F2N3O5. The van der Waals surface area contributed by atoms with Gasteiger partial charge in [0.2, 0.25) is 0 Å². The van der Waals surface area contributed by atoms with Gasteiger partial charge in [0.15, 0.2) is 23.0 Å². The number of nitrogens with one attached hydrogen (secondary N) is 2. The Bertz CT molecular complexity index is 1060. The van der Waals surface area contributed by atoms with Crippen molar-refractivity contribution in [2.75, 3.05) is 6.54 Å². The molecule has 10 heteroatoms. The summed E-state index contributed by atoms with van der Waals surface area (Å²) in [4.78, 5) is 24.0. The zero-order valence-corrected chi connectivity index (χ0v) is 17.1. The highest BCUT2D eigenvalue weighted by molar-refractivity contribution is 5.92. The van der Waals surface area contributed by atoms with Crippen molar-refractivity contribution >= 4 is 12.0 Å². The lowest BCUT2D eigenvalue weighted by molar-refractivity contribution is 0.0927. The highest BCUT2D eigenvalue weighted by Crippen LogP contribution is 2.19. The van der Waals surface area contributed by atoms with E-state index in [1.165, 1.54) is 6.07 Å². The summed E-state index contributed by atoms with van der Waals surface area (Å²) in [6, 6.07) is 13.0. The topological polar surface area (TPSA) is 103 Å². The lowest BCUT2D eigenvalue weighted by atomic mass is 10.2. The molecule has 0 aliphatic heterocycles. The number of rotatable bonds is 9. The quantitative estimate of drug-likeness (QED) is 0.522. The lowest BCUT2D eigenvalue weighted by Crippen LogP contribution is -2.42. The standard InChI is InChI=1S/C22H21F2N3O5/c1-14(11-25-22(29)31-12-15-5-3-2-4-6-15)26-21(28)19-10-17(32-27-19)13-30-20-8-7-16(23)9-18(20)24/h2-10,14H,11-13H2,1H3,(H,25,29)(H,26,28)/t14-/m1/s1. The van der Waals surface area contributed by atoms with Crippen LogP contribution in [0.4, 0.5) is 13.6 Å². The summed E-state index contributed by atoms with van der Waals surface area (Å²) in [5.41, 5.74) is 0.846. The second-order valence-electron chi connectivity index (χ2n) is 6.86. The summed E-state index contributed by atoms with van der Waals surface area (Å²) < 4.78 is 41.8. The first-order chi connectivity index (χ1) is 15.4. The Morgan fingerprint density at radius 1 is 1.09 bits per heavy atom. The Morgan fingerprint density at radius 3 is 2.62 bits per heavy atom. The molecule has 0 bridgehead atoms. The summed E-state index contributed by atoms with van der Waals surface area (Å²) in [6.45, 7) is 1.76. The highest BCUT2D eigenvalue weighted by Gasteiger charge is 2.16. The van der Waals surface area contributed by atoms with E-state index in [0.717, 1.165) is 17.7 Å². The monoisotopic (exact) mass is 445 g/mol. The van der Waals surface area contributed by atoms with E-state index in [1.807, 2.05) is 30.3 Å². The van der Waals surface area contributed by atoms with Crippen LogP contribution in [0.1, 0.15) is 28.7 Å². The first kappa shape index (κ1) is 22.7. The van der Waals surface area contributed by atoms with Crippen molar-refractivity contribution in [1.29, 1.82) is 0 Å². The molecule has 3 aromatic rings. The molecule has 0 unspecified atom stereocenters. The van der Waals surface area contributed by atoms with Gasteiger partial charge < -0.3 is 24.6 Å². The van der Waals surface area contributed by atoms with Crippen molar-refractivity contribution in [3.63, 3.8) is 0 Å². The van der Waals surface area contributed by atoms with Crippen LogP contribution in [0.15, 0.2) is 59.1 Å². The van der Waals surface area contributed by atoms with Crippen molar-refractivity contribution in [1.82, 2.24) is 15.8 Å².